The molecule has 3 heterocycles. The van der Waals surface area contributed by atoms with E-state index in [1.54, 1.807) is 0 Å². The number of fused-ring (bicyclic) bond motifs is 1. The normalized spacial score (nSPS) is 17.5. The molecule has 1 aromatic heterocycles. The predicted molar refractivity (Wildman–Crippen MR) is 89.6 cm³/mol. The SMILES string of the molecule is N#Cc1ccccc1-n1nc(CN2CCCCC2)c2c1NCC2. The van der Waals surface area contributed by atoms with Crippen molar-refractivity contribution in [1.82, 2.24) is 14.7 Å². The second kappa shape index (κ2) is 6.05. The van der Waals surface area contributed by atoms with Gasteiger partial charge in [-0.25, -0.2) is 4.68 Å². The summed E-state index contributed by atoms with van der Waals surface area (Å²) in [5, 5.41) is 17.7. The third-order valence-electron chi connectivity index (χ3n) is 4.81. The second-order valence-electron chi connectivity index (χ2n) is 6.33. The third-order valence-corrected chi connectivity index (χ3v) is 4.81. The topological polar surface area (TPSA) is 56.9 Å². The van der Waals surface area contributed by atoms with Crippen LogP contribution in [0.1, 0.15) is 36.1 Å². The summed E-state index contributed by atoms with van der Waals surface area (Å²) in [7, 11) is 0. The molecule has 1 saturated heterocycles. The minimum absolute atomic E-state index is 0.663. The van der Waals surface area contributed by atoms with Crippen molar-refractivity contribution in [3.63, 3.8) is 0 Å². The maximum Gasteiger partial charge on any atom is 0.133 e. The highest BCUT2D eigenvalue weighted by Gasteiger charge is 2.25. The number of hydrogen-bond acceptors (Lipinski definition) is 4. The molecule has 4 rings (SSSR count). The zero-order valence-electron chi connectivity index (χ0n) is 13.3. The first-order valence-electron chi connectivity index (χ1n) is 8.43. The number of hydrogen-bond donors (Lipinski definition) is 1. The highest BCUT2D eigenvalue weighted by Crippen LogP contribution is 2.30. The lowest BCUT2D eigenvalue weighted by molar-refractivity contribution is 0.217. The summed E-state index contributed by atoms with van der Waals surface area (Å²) in [5.74, 6) is 1.07. The van der Waals surface area contributed by atoms with E-state index < -0.39 is 0 Å². The minimum atomic E-state index is 0.663. The average Bonchev–Trinajstić information content (AvgIpc) is 3.20. The van der Waals surface area contributed by atoms with Gasteiger partial charge in [-0.05, 0) is 44.5 Å². The molecule has 0 radical (unpaired) electrons. The first-order valence-corrected chi connectivity index (χ1v) is 8.43. The quantitative estimate of drug-likeness (QED) is 0.947. The molecule has 2 aliphatic heterocycles. The number of piperidine rings is 1. The summed E-state index contributed by atoms with van der Waals surface area (Å²) < 4.78 is 1.93. The van der Waals surface area contributed by atoms with Crippen molar-refractivity contribution in [2.24, 2.45) is 0 Å². The van der Waals surface area contributed by atoms with E-state index in [1.807, 2.05) is 28.9 Å². The van der Waals surface area contributed by atoms with Crippen molar-refractivity contribution >= 4 is 5.82 Å². The number of nitrogens with one attached hydrogen (secondary N) is 1. The first-order chi connectivity index (χ1) is 11.4. The highest BCUT2D eigenvalue weighted by molar-refractivity contribution is 5.60. The van der Waals surface area contributed by atoms with Gasteiger partial charge in [0.1, 0.15) is 11.9 Å². The fraction of sp³-hybridized carbons (Fsp3) is 0.444. The molecule has 0 saturated carbocycles. The molecule has 5 heteroatoms. The molecule has 0 bridgehead atoms. The lowest BCUT2D eigenvalue weighted by Crippen LogP contribution is -2.29. The van der Waals surface area contributed by atoms with Crippen LogP contribution in [0, 0.1) is 11.3 Å². The first kappa shape index (κ1) is 14.3. The molecule has 5 nitrogen and oxygen atoms in total. The Labute approximate surface area is 136 Å². The number of likely N-dealkylation sites (tertiary alicyclic amines) is 1. The van der Waals surface area contributed by atoms with Gasteiger partial charge in [-0.3, -0.25) is 4.90 Å². The molecule has 1 fully saturated rings. The Hall–Kier alpha value is -2.32. The summed E-state index contributed by atoms with van der Waals surface area (Å²) >= 11 is 0. The Morgan fingerprint density at radius 1 is 1.17 bits per heavy atom. The van der Waals surface area contributed by atoms with E-state index in [0.717, 1.165) is 31.0 Å². The van der Waals surface area contributed by atoms with Crippen LogP contribution in [0.15, 0.2) is 24.3 Å². The number of benzene rings is 1. The van der Waals surface area contributed by atoms with Crippen LogP contribution in [0.3, 0.4) is 0 Å². The van der Waals surface area contributed by atoms with Gasteiger partial charge in [0, 0.05) is 18.7 Å². The maximum absolute atomic E-state index is 9.38. The number of nitrogens with zero attached hydrogens (tertiary/aromatic N) is 4. The fourth-order valence-electron chi connectivity index (χ4n) is 3.63. The van der Waals surface area contributed by atoms with Gasteiger partial charge in [-0.15, -0.1) is 0 Å². The van der Waals surface area contributed by atoms with Gasteiger partial charge in [0.2, 0.25) is 0 Å². The van der Waals surface area contributed by atoms with E-state index in [4.69, 9.17) is 5.10 Å². The number of rotatable bonds is 3. The summed E-state index contributed by atoms with van der Waals surface area (Å²) in [6.07, 6.45) is 4.95. The zero-order chi connectivity index (χ0) is 15.6. The lowest BCUT2D eigenvalue weighted by Gasteiger charge is -2.25. The van der Waals surface area contributed by atoms with E-state index in [9.17, 15) is 5.26 Å². The monoisotopic (exact) mass is 307 g/mol. The van der Waals surface area contributed by atoms with Crippen LogP contribution in [0.5, 0.6) is 0 Å². The van der Waals surface area contributed by atoms with Crippen LogP contribution in [0.4, 0.5) is 5.82 Å². The summed E-state index contributed by atoms with van der Waals surface area (Å²) in [4.78, 5) is 2.50. The largest absolute Gasteiger partial charge is 0.369 e. The summed E-state index contributed by atoms with van der Waals surface area (Å²) in [6.45, 7) is 4.22. The molecule has 0 aliphatic carbocycles. The Morgan fingerprint density at radius 2 is 2.00 bits per heavy atom. The van der Waals surface area contributed by atoms with Crippen LogP contribution >= 0.6 is 0 Å². The average molecular weight is 307 g/mol. The summed E-state index contributed by atoms with van der Waals surface area (Å²) in [5.41, 5.74) is 4.02. The van der Waals surface area contributed by atoms with Crippen LogP contribution < -0.4 is 5.32 Å². The highest BCUT2D eigenvalue weighted by atomic mass is 15.4. The fourth-order valence-corrected chi connectivity index (χ4v) is 3.63. The molecule has 0 spiro atoms. The minimum Gasteiger partial charge on any atom is -0.369 e. The van der Waals surface area contributed by atoms with Crippen LogP contribution in [0.2, 0.25) is 0 Å². The molecular weight excluding hydrogens is 286 g/mol. The molecule has 1 N–H and O–H groups in total. The molecular formula is C18H21N5. The molecule has 2 aromatic rings. The van der Waals surface area contributed by atoms with Crippen LogP contribution in [-0.2, 0) is 13.0 Å². The van der Waals surface area contributed by atoms with Crippen LogP contribution in [0.25, 0.3) is 5.69 Å². The summed E-state index contributed by atoms with van der Waals surface area (Å²) in [6, 6.07) is 9.95. The van der Waals surface area contributed by atoms with Crippen LogP contribution in [-0.4, -0.2) is 34.3 Å². The Kier molecular flexibility index (Phi) is 3.76. The molecule has 0 unspecified atom stereocenters. The van der Waals surface area contributed by atoms with Crippen molar-refractivity contribution in [2.45, 2.75) is 32.2 Å². The Bertz CT molecular complexity index is 749. The van der Waals surface area contributed by atoms with Crippen molar-refractivity contribution < 1.29 is 0 Å². The van der Waals surface area contributed by atoms with E-state index in [0.29, 0.717) is 5.56 Å². The van der Waals surface area contributed by atoms with Gasteiger partial charge in [0.15, 0.2) is 0 Å². The molecule has 1 aromatic carbocycles. The maximum atomic E-state index is 9.38. The van der Waals surface area contributed by atoms with Crippen molar-refractivity contribution in [2.75, 3.05) is 25.0 Å². The number of para-hydroxylation sites is 1. The van der Waals surface area contributed by atoms with E-state index in [2.05, 4.69) is 16.3 Å². The third kappa shape index (κ3) is 2.60. The number of anilines is 1. The number of aromatic nitrogens is 2. The van der Waals surface area contributed by atoms with Gasteiger partial charge >= 0.3 is 0 Å². The lowest BCUT2D eigenvalue weighted by atomic mass is 10.1. The second-order valence-corrected chi connectivity index (χ2v) is 6.33. The molecule has 23 heavy (non-hydrogen) atoms. The smallest absolute Gasteiger partial charge is 0.133 e. The zero-order valence-corrected chi connectivity index (χ0v) is 13.3. The van der Waals surface area contributed by atoms with E-state index >= 15 is 0 Å². The van der Waals surface area contributed by atoms with Gasteiger partial charge in [0.25, 0.3) is 0 Å². The standard InChI is InChI=1S/C18H21N5/c19-12-14-6-2-3-7-17(14)23-18-15(8-9-20-18)16(21-23)13-22-10-4-1-5-11-22/h2-3,6-7,20H,1,4-5,8-11,13H2. The molecule has 2 aliphatic rings. The molecule has 118 valence electrons. The van der Waals surface area contributed by atoms with Gasteiger partial charge in [-0.2, -0.15) is 10.4 Å². The van der Waals surface area contributed by atoms with Crippen molar-refractivity contribution in [3.8, 4) is 11.8 Å². The van der Waals surface area contributed by atoms with Crippen molar-refractivity contribution in [3.05, 3.63) is 41.1 Å². The van der Waals surface area contributed by atoms with E-state index in [-0.39, 0.29) is 0 Å². The molecule has 0 atom stereocenters. The van der Waals surface area contributed by atoms with Gasteiger partial charge in [0.05, 0.1) is 16.9 Å². The Balaban J connectivity index is 1.71. The van der Waals surface area contributed by atoms with E-state index in [1.165, 1.54) is 43.6 Å². The van der Waals surface area contributed by atoms with Gasteiger partial charge < -0.3 is 5.32 Å². The van der Waals surface area contributed by atoms with Crippen molar-refractivity contribution in [1.29, 1.82) is 5.26 Å². The Morgan fingerprint density at radius 3 is 2.83 bits per heavy atom. The van der Waals surface area contributed by atoms with Gasteiger partial charge in [-0.1, -0.05) is 18.6 Å². The number of nitriles is 1. The predicted octanol–water partition coefficient (Wildman–Crippen LogP) is 2.70. The molecule has 0 amide bonds.